The maximum Gasteiger partial charge on any atom is 0.227 e. The van der Waals surface area contributed by atoms with Crippen LogP contribution in [0.15, 0.2) is 36.5 Å². The summed E-state index contributed by atoms with van der Waals surface area (Å²) in [5, 5.41) is 0.678. The highest BCUT2D eigenvalue weighted by Gasteiger charge is 2.25. The zero-order valence-corrected chi connectivity index (χ0v) is 14.4. The van der Waals surface area contributed by atoms with Crippen molar-refractivity contribution in [1.82, 2.24) is 14.9 Å². The summed E-state index contributed by atoms with van der Waals surface area (Å²) in [6.45, 7) is 3.19. The highest BCUT2D eigenvalue weighted by molar-refractivity contribution is 6.30. The second-order valence-corrected chi connectivity index (χ2v) is 6.40. The lowest BCUT2D eigenvalue weighted by Crippen LogP contribution is -2.45. The van der Waals surface area contributed by atoms with Crippen molar-refractivity contribution in [2.45, 2.75) is 32.3 Å². The Morgan fingerprint density at radius 2 is 2.12 bits per heavy atom. The summed E-state index contributed by atoms with van der Waals surface area (Å²) in [6.07, 6.45) is 3.90. The normalized spacial score (nSPS) is 17.6. The van der Waals surface area contributed by atoms with Crippen molar-refractivity contribution >= 4 is 17.5 Å². The Kier molecular flexibility index (Phi) is 5.30. The van der Waals surface area contributed by atoms with Crippen molar-refractivity contribution in [3.63, 3.8) is 0 Å². The number of hydrogen-bond donors (Lipinski definition) is 0. The van der Waals surface area contributed by atoms with Crippen molar-refractivity contribution in [1.29, 1.82) is 0 Å². The molecule has 5 nitrogen and oxygen atoms in total. The molecular formula is C18H20ClN3O2. The van der Waals surface area contributed by atoms with E-state index in [9.17, 15) is 4.79 Å². The summed E-state index contributed by atoms with van der Waals surface area (Å²) < 4.78 is 5.92. The predicted octanol–water partition coefficient (Wildman–Crippen LogP) is 3.05. The molecule has 1 fully saturated rings. The van der Waals surface area contributed by atoms with Crippen molar-refractivity contribution in [2.75, 3.05) is 13.1 Å². The summed E-state index contributed by atoms with van der Waals surface area (Å²) in [4.78, 5) is 22.7. The number of carbonyl (C=O) groups excluding carboxylic acids is 1. The third kappa shape index (κ3) is 4.45. The molecule has 1 aliphatic rings. The highest BCUT2D eigenvalue weighted by atomic mass is 35.5. The molecule has 1 aliphatic heterocycles. The number of likely N-dealkylation sites (tertiary alicyclic amines) is 1. The number of benzene rings is 1. The van der Waals surface area contributed by atoms with Gasteiger partial charge in [-0.25, -0.2) is 4.98 Å². The van der Waals surface area contributed by atoms with E-state index in [1.54, 1.807) is 12.3 Å². The Morgan fingerprint density at radius 1 is 1.33 bits per heavy atom. The lowest BCUT2D eigenvalue weighted by molar-refractivity contribution is -0.133. The van der Waals surface area contributed by atoms with Gasteiger partial charge < -0.3 is 9.64 Å². The molecule has 2 heterocycles. The van der Waals surface area contributed by atoms with E-state index in [0.29, 0.717) is 29.7 Å². The van der Waals surface area contributed by atoms with Gasteiger partial charge in [-0.2, -0.15) is 4.98 Å². The molecule has 0 aliphatic carbocycles. The fourth-order valence-corrected chi connectivity index (χ4v) is 2.95. The number of halogens is 1. The van der Waals surface area contributed by atoms with Crippen LogP contribution >= 0.6 is 11.6 Å². The van der Waals surface area contributed by atoms with Crippen LogP contribution in [0.5, 0.6) is 5.88 Å². The maximum atomic E-state index is 12.5. The molecule has 1 amide bonds. The van der Waals surface area contributed by atoms with Crippen LogP contribution in [0.3, 0.4) is 0 Å². The zero-order chi connectivity index (χ0) is 16.9. The molecule has 1 aromatic carbocycles. The largest absolute Gasteiger partial charge is 0.472 e. The van der Waals surface area contributed by atoms with Gasteiger partial charge in [-0.15, -0.1) is 0 Å². The summed E-state index contributed by atoms with van der Waals surface area (Å²) in [5.74, 6) is 1.36. The molecular weight excluding hydrogens is 326 g/mol. The average molecular weight is 346 g/mol. The summed E-state index contributed by atoms with van der Waals surface area (Å²) >= 11 is 5.88. The lowest BCUT2D eigenvalue weighted by atomic mass is 10.1. The van der Waals surface area contributed by atoms with Crippen molar-refractivity contribution in [3.05, 3.63) is 52.9 Å². The summed E-state index contributed by atoms with van der Waals surface area (Å²) in [5.41, 5.74) is 0.971. The monoisotopic (exact) mass is 345 g/mol. The quantitative estimate of drug-likeness (QED) is 0.854. The van der Waals surface area contributed by atoms with Crippen LogP contribution in [0, 0.1) is 6.92 Å². The molecule has 1 atom stereocenters. The second-order valence-electron chi connectivity index (χ2n) is 5.97. The Balaban J connectivity index is 1.58. The van der Waals surface area contributed by atoms with Gasteiger partial charge in [0, 0.05) is 23.8 Å². The number of rotatable bonds is 4. The predicted molar refractivity (Wildman–Crippen MR) is 92.2 cm³/mol. The van der Waals surface area contributed by atoms with Crippen LogP contribution in [0.25, 0.3) is 0 Å². The van der Waals surface area contributed by atoms with Crippen molar-refractivity contribution in [3.8, 4) is 5.88 Å². The number of ether oxygens (including phenoxy) is 1. The van der Waals surface area contributed by atoms with Gasteiger partial charge in [0.15, 0.2) is 0 Å². The number of amides is 1. The third-order valence-corrected chi connectivity index (χ3v) is 4.29. The van der Waals surface area contributed by atoms with Crippen LogP contribution in [-0.2, 0) is 11.2 Å². The molecule has 0 N–H and O–H groups in total. The van der Waals surface area contributed by atoms with E-state index in [0.717, 1.165) is 24.9 Å². The fourth-order valence-electron chi connectivity index (χ4n) is 2.82. The van der Waals surface area contributed by atoms with Gasteiger partial charge in [0.25, 0.3) is 0 Å². The summed E-state index contributed by atoms with van der Waals surface area (Å²) in [6, 6.07) is 9.15. The molecule has 1 unspecified atom stereocenters. The van der Waals surface area contributed by atoms with Crippen LogP contribution < -0.4 is 4.74 Å². The Labute approximate surface area is 146 Å². The minimum absolute atomic E-state index is 0.0257. The summed E-state index contributed by atoms with van der Waals surface area (Å²) in [7, 11) is 0. The minimum Gasteiger partial charge on any atom is -0.472 e. The second kappa shape index (κ2) is 7.62. The maximum absolute atomic E-state index is 12.5. The SMILES string of the molecule is Cc1nccc(OC2CCCN(C(=O)Cc3ccc(Cl)cc3)C2)n1. The standard InChI is InChI=1S/C18H20ClN3O2/c1-13-20-9-8-17(21-13)24-16-3-2-10-22(12-16)18(23)11-14-4-6-15(19)7-5-14/h4-9,16H,2-3,10-12H2,1H3. The van der Waals surface area contributed by atoms with Crippen LogP contribution in [0.1, 0.15) is 24.2 Å². The minimum atomic E-state index is -0.0257. The molecule has 24 heavy (non-hydrogen) atoms. The number of aromatic nitrogens is 2. The van der Waals surface area contributed by atoms with Crippen molar-refractivity contribution < 1.29 is 9.53 Å². The molecule has 2 aromatic rings. The number of hydrogen-bond acceptors (Lipinski definition) is 4. The van der Waals surface area contributed by atoms with Gasteiger partial charge in [0.1, 0.15) is 11.9 Å². The van der Waals surface area contributed by atoms with E-state index < -0.39 is 0 Å². The first-order valence-corrected chi connectivity index (χ1v) is 8.46. The number of piperidine rings is 1. The van der Waals surface area contributed by atoms with E-state index in [1.807, 2.05) is 36.1 Å². The number of carbonyl (C=O) groups is 1. The molecule has 0 radical (unpaired) electrons. The van der Waals surface area contributed by atoms with Crippen molar-refractivity contribution in [2.24, 2.45) is 0 Å². The molecule has 0 bridgehead atoms. The van der Waals surface area contributed by atoms with Gasteiger partial charge in [0.2, 0.25) is 11.8 Å². The molecule has 1 saturated heterocycles. The molecule has 0 spiro atoms. The van der Waals surface area contributed by atoms with Crippen LogP contribution in [-0.4, -0.2) is 40.0 Å². The molecule has 6 heteroatoms. The van der Waals surface area contributed by atoms with E-state index in [2.05, 4.69) is 9.97 Å². The van der Waals surface area contributed by atoms with E-state index >= 15 is 0 Å². The van der Waals surface area contributed by atoms with Gasteiger partial charge >= 0.3 is 0 Å². The Bertz CT molecular complexity index is 706. The van der Waals surface area contributed by atoms with E-state index in [1.165, 1.54) is 0 Å². The van der Waals surface area contributed by atoms with Gasteiger partial charge in [0.05, 0.1) is 13.0 Å². The first-order chi connectivity index (χ1) is 11.6. The van der Waals surface area contributed by atoms with Crippen LogP contribution in [0.4, 0.5) is 0 Å². The zero-order valence-electron chi connectivity index (χ0n) is 13.6. The third-order valence-electron chi connectivity index (χ3n) is 4.04. The van der Waals surface area contributed by atoms with Gasteiger partial charge in [-0.1, -0.05) is 23.7 Å². The highest BCUT2D eigenvalue weighted by Crippen LogP contribution is 2.18. The number of aryl methyl sites for hydroxylation is 1. The number of nitrogens with zero attached hydrogens (tertiary/aromatic N) is 3. The molecule has 126 valence electrons. The topological polar surface area (TPSA) is 55.3 Å². The first kappa shape index (κ1) is 16.7. The first-order valence-electron chi connectivity index (χ1n) is 8.08. The van der Waals surface area contributed by atoms with E-state index in [4.69, 9.17) is 16.3 Å². The molecule has 0 saturated carbocycles. The van der Waals surface area contributed by atoms with Gasteiger partial charge in [-0.3, -0.25) is 4.79 Å². The lowest BCUT2D eigenvalue weighted by Gasteiger charge is -2.32. The smallest absolute Gasteiger partial charge is 0.227 e. The molecule has 1 aromatic heterocycles. The van der Waals surface area contributed by atoms with Crippen LogP contribution in [0.2, 0.25) is 5.02 Å². The Morgan fingerprint density at radius 3 is 2.88 bits per heavy atom. The van der Waals surface area contributed by atoms with Gasteiger partial charge in [-0.05, 0) is 37.5 Å². The Hall–Kier alpha value is -2.14. The average Bonchev–Trinajstić information content (AvgIpc) is 2.57. The molecule has 3 rings (SSSR count). The van der Waals surface area contributed by atoms with E-state index in [-0.39, 0.29) is 12.0 Å². The fraction of sp³-hybridized carbons (Fsp3) is 0.389.